The first-order valence-electron chi connectivity index (χ1n) is 4.45. The Morgan fingerprint density at radius 3 is 2.18 bits per heavy atom. The zero-order valence-corrected chi connectivity index (χ0v) is 7.98. The van der Waals surface area contributed by atoms with Crippen molar-refractivity contribution in [3.63, 3.8) is 0 Å². The molecule has 0 saturated heterocycles. The molecule has 1 heteroatoms. The molecule has 11 heavy (non-hydrogen) atoms. The lowest BCUT2D eigenvalue weighted by Crippen LogP contribution is -2.13. The maximum absolute atomic E-state index is 11.4. The Morgan fingerprint density at radius 2 is 2.00 bits per heavy atom. The van der Waals surface area contributed by atoms with Crippen LogP contribution in [-0.4, -0.2) is 5.78 Å². The van der Waals surface area contributed by atoms with Crippen LogP contribution in [0.4, 0.5) is 0 Å². The Morgan fingerprint density at radius 1 is 1.45 bits per heavy atom. The van der Waals surface area contributed by atoms with Gasteiger partial charge in [-0.1, -0.05) is 27.7 Å². The molecule has 0 aliphatic heterocycles. The summed E-state index contributed by atoms with van der Waals surface area (Å²) in [7, 11) is 0. The van der Waals surface area contributed by atoms with Crippen LogP contribution in [0.2, 0.25) is 0 Å². The Hall–Kier alpha value is -0.330. The molecule has 0 amide bonds. The summed E-state index contributed by atoms with van der Waals surface area (Å²) in [5.41, 5.74) is 0.270. The van der Waals surface area contributed by atoms with Crippen LogP contribution >= 0.6 is 0 Å². The summed E-state index contributed by atoms with van der Waals surface area (Å²) in [6, 6.07) is 0. The number of hydrogen-bond donors (Lipinski definition) is 0. The van der Waals surface area contributed by atoms with Crippen molar-refractivity contribution >= 4 is 5.78 Å². The van der Waals surface area contributed by atoms with Crippen LogP contribution in [0, 0.1) is 17.3 Å². The third-order valence-corrected chi connectivity index (χ3v) is 2.64. The number of hydrogen-bond acceptors (Lipinski definition) is 1. The van der Waals surface area contributed by atoms with Crippen molar-refractivity contribution in [1.82, 2.24) is 0 Å². The molecule has 0 spiro atoms. The molecule has 0 aromatic rings. The summed E-state index contributed by atoms with van der Waals surface area (Å²) >= 11 is 0. The van der Waals surface area contributed by atoms with Crippen molar-refractivity contribution in [2.24, 2.45) is 17.3 Å². The second-order valence-electron chi connectivity index (χ2n) is 4.86. The zero-order valence-electron chi connectivity index (χ0n) is 7.98. The minimum Gasteiger partial charge on any atom is -0.299 e. The van der Waals surface area contributed by atoms with E-state index in [1.165, 1.54) is 0 Å². The summed E-state index contributed by atoms with van der Waals surface area (Å²) in [6.07, 6.45) is 1.87. The topological polar surface area (TPSA) is 17.1 Å². The third-order valence-electron chi connectivity index (χ3n) is 2.64. The molecular weight excluding hydrogens is 136 g/mol. The maximum atomic E-state index is 11.4. The predicted molar refractivity (Wildman–Crippen MR) is 46.4 cm³/mol. The fourth-order valence-corrected chi connectivity index (χ4v) is 1.99. The van der Waals surface area contributed by atoms with E-state index in [1.54, 1.807) is 0 Å². The van der Waals surface area contributed by atoms with E-state index in [0.717, 1.165) is 12.8 Å². The van der Waals surface area contributed by atoms with Gasteiger partial charge in [0.25, 0.3) is 0 Å². The Balaban J connectivity index is 2.67. The van der Waals surface area contributed by atoms with Crippen LogP contribution in [-0.2, 0) is 4.79 Å². The van der Waals surface area contributed by atoms with E-state index in [4.69, 9.17) is 0 Å². The van der Waals surface area contributed by atoms with Crippen LogP contribution in [0.25, 0.3) is 0 Å². The van der Waals surface area contributed by atoms with E-state index in [2.05, 4.69) is 27.7 Å². The first-order chi connectivity index (χ1) is 4.92. The minimum atomic E-state index is 0.270. The highest BCUT2D eigenvalue weighted by Gasteiger charge is 2.38. The van der Waals surface area contributed by atoms with Gasteiger partial charge in [-0.2, -0.15) is 0 Å². The normalized spacial score (nSPS) is 29.9. The van der Waals surface area contributed by atoms with E-state index >= 15 is 0 Å². The van der Waals surface area contributed by atoms with Crippen molar-refractivity contribution in [1.29, 1.82) is 0 Å². The van der Waals surface area contributed by atoms with Gasteiger partial charge in [0.1, 0.15) is 5.78 Å². The molecule has 0 heterocycles. The molecule has 1 unspecified atom stereocenters. The summed E-state index contributed by atoms with van der Waals surface area (Å²) in [5, 5.41) is 0. The quantitative estimate of drug-likeness (QED) is 0.567. The van der Waals surface area contributed by atoms with Crippen LogP contribution in [0.1, 0.15) is 40.5 Å². The largest absolute Gasteiger partial charge is 0.299 e. The van der Waals surface area contributed by atoms with Gasteiger partial charge in [0.15, 0.2) is 0 Å². The summed E-state index contributed by atoms with van der Waals surface area (Å²) in [6.45, 7) is 8.66. The zero-order chi connectivity index (χ0) is 8.65. The molecular formula is C10H18O. The molecule has 0 aromatic carbocycles. The van der Waals surface area contributed by atoms with Gasteiger partial charge in [-0.25, -0.2) is 0 Å². The number of Topliss-reactive ketones (excluding diaryl/α,β-unsaturated/α-hetero) is 1. The summed E-state index contributed by atoms with van der Waals surface area (Å²) < 4.78 is 0. The molecule has 1 saturated carbocycles. The van der Waals surface area contributed by atoms with E-state index in [-0.39, 0.29) is 5.41 Å². The van der Waals surface area contributed by atoms with Gasteiger partial charge >= 0.3 is 0 Å². The van der Waals surface area contributed by atoms with Gasteiger partial charge in [-0.15, -0.1) is 0 Å². The highest BCUT2D eigenvalue weighted by molar-refractivity contribution is 5.84. The number of carbonyl (C=O) groups is 1. The van der Waals surface area contributed by atoms with E-state index in [9.17, 15) is 4.79 Å². The molecule has 64 valence electrons. The molecule has 1 nitrogen and oxygen atoms in total. The van der Waals surface area contributed by atoms with Gasteiger partial charge in [0.05, 0.1) is 0 Å². The monoisotopic (exact) mass is 154 g/mol. The maximum Gasteiger partial charge on any atom is 0.136 e. The highest BCUT2D eigenvalue weighted by atomic mass is 16.1. The van der Waals surface area contributed by atoms with Crippen LogP contribution in [0.5, 0.6) is 0 Å². The molecule has 0 aromatic heterocycles. The number of rotatable bonds is 1. The van der Waals surface area contributed by atoms with E-state index in [1.807, 2.05) is 0 Å². The van der Waals surface area contributed by atoms with Crippen molar-refractivity contribution in [2.75, 3.05) is 0 Å². The van der Waals surface area contributed by atoms with Gasteiger partial charge in [-0.3, -0.25) is 4.79 Å². The average molecular weight is 154 g/mol. The second-order valence-corrected chi connectivity index (χ2v) is 4.86. The summed E-state index contributed by atoms with van der Waals surface area (Å²) in [4.78, 5) is 11.4. The lowest BCUT2D eigenvalue weighted by atomic mass is 9.87. The standard InChI is InChI=1S/C10H18O/c1-7(2)8-5-10(3,4)6-9(8)11/h7-8H,5-6H2,1-4H3. The highest BCUT2D eigenvalue weighted by Crippen LogP contribution is 2.41. The van der Waals surface area contributed by atoms with Gasteiger partial charge < -0.3 is 0 Å². The number of carbonyl (C=O) groups excluding carboxylic acids is 1. The Kier molecular flexibility index (Phi) is 2.08. The van der Waals surface area contributed by atoms with E-state index in [0.29, 0.717) is 17.6 Å². The SMILES string of the molecule is CC(C)C1CC(C)(C)CC1=O. The predicted octanol–water partition coefficient (Wildman–Crippen LogP) is 2.65. The Labute approximate surface area is 69.2 Å². The second kappa shape index (κ2) is 2.62. The molecule has 1 aliphatic carbocycles. The molecule has 1 rings (SSSR count). The fraction of sp³-hybridized carbons (Fsp3) is 0.900. The van der Waals surface area contributed by atoms with Gasteiger partial charge in [0.2, 0.25) is 0 Å². The van der Waals surface area contributed by atoms with Gasteiger partial charge in [0, 0.05) is 12.3 Å². The lowest BCUT2D eigenvalue weighted by Gasteiger charge is -2.17. The first kappa shape index (κ1) is 8.76. The van der Waals surface area contributed by atoms with Crippen LogP contribution in [0.3, 0.4) is 0 Å². The van der Waals surface area contributed by atoms with Gasteiger partial charge in [-0.05, 0) is 17.8 Å². The molecule has 0 N–H and O–H groups in total. The van der Waals surface area contributed by atoms with Crippen LogP contribution in [0.15, 0.2) is 0 Å². The fourth-order valence-electron chi connectivity index (χ4n) is 1.99. The molecule has 0 radical (unpaired) electrons. The first-order valence-corrected chi connectivity index (χ1v) is 4.45. The molecule has 1 fully saturated rings. The lowest BCUT2D eigenvalue weighted by molar-refractivity contribution is -0.121. The third kappa shape index (κ3) is 1.82. The molecule has 0 bridgehead atoms. The summed E-state index contributed by atoms with van der Waals surface area (Å²) in [5.74, 6) is 1.35. The number of ketones is 1. The average Bonchev–Trinajstić information content (AvgIpc) is 2.05. The smallest absolute Gasteiger partial charge is 0.136 e. The molecule has 1 aliphatic rings. The minimum absolute atomic E-state index is 0.270. The Bertz CT molecular complexity index is 168. The molecule has 1 atom stereocenters. The van der Waals surface area contributed by atoms with E-state index < -0.39 is 0 Å². The van der Waals surface area contributed by atoms with Crippen molar-refractivity contribution in [3.8, 4) is 0 Å². The van der Waals surface area contributed by atoms with Crippen molar-refractivity contribution in [3.05, 3.63) is 0 Å². The van der Waals surface area contributed by atoms with Crippen LogP contribution < -0.4 is 0 Å². The van der Waals surface area contributed by atoms with Crippen molar-refractivity contribution < 1.29 is 4.79 Å². The van der Waals surface area contributed by atoms with Crippen molar-refractivity contribution in [2.45, 2.75) is 40.5 Å².